The van der Waals surface area contributed by atoms with Gasteiger partial charge in [0.05, 0.1) is 5.38 Å². The number of likely N-dealkylation sites (tertiary alicyclic amines) is 1. The second-order valence-electron chi connectivity index (χ2n) is 4.95. The standard InChI is InChI=1S/C11H19ClFN/c1-7(2)14-4-3-8-5-9(12)10(13)6-11(8)14/h7-11H,3-6H2,1-2H3. The number of hydrogen-bond donors (Lipinski definition) is 0. The zero-order chi connectivity index (χ0) is 10.3. The maximum Gasteiger partial charge on any atom is 0.118 e. The Morgan fingerprint density at radius 3 is 2.71 bits per heavy atom. The molecule has 1 aliphatic heterocycles. The van der Waals surface area contributed by atoms with Crippen molar-refractivity contribution in [3.05, 3.63) is 0 Å². The molecule has 1 saturated carbocycles. The lowest BCUT2D eigenvalue weighted by molar-refractivity contribution is 0.104. The van der Waals surface area contributed by atoms with Crippen LogP contribution in [0.2, 0.25) is 0 Å². The average Bonchev–Trinajstić information content (AvgIpc) is 2.48. The van der Waals surface area contributed by atoms with Crippen LogP contribution in [0.15, 0.2) is 0 Å². The first-order valence-corrected chi connectivity index (χ1v) is 6.07. The van der Waals surface area contributed by atoms with Gasteiger partial charge in [-0.1, -0.05) is 0 Å². The first kappa shape index (κ1) is 10.7. The van der Waals surface area contributed by atoms with E-state index in [0.717, 1.165) is 13.0 Å². The summed E-state index contributed by atoms with van der Waals surface area (Å²) in [5, 5.41) is -0.233. The van der Waals surface area contributed by atoms with Crippen molar-refractivity contribution in [1.82, 2.24) is 4.90 Å². The fraction of sp³-hybridized carbons (Fsp3) is 1.00. The van der Waals surface area contributed by atoms with E-state index in [-0.39, 0.29) is 5.38 Å². The van der Waals surface area contributed by atoms with Crippen LogP contribution in [0.5, 0.6) is 0 Å². The van der Waals surface area contributed by atoms with E-state index in [0.29, 0.717) is 24.4 Å². The molecule has 14 heavy (non-hydrogen) atoms. The Morgan fingerprint density at radius 2 is 2.07 bits per heavy atom. The molecule has 1 aliphatic carbocycles. The van der Waals surface area contributed by atoms with Crippen LogP contribution < -0.4 is 0 Å². The Balaban J connectivity index is 2.05. The maximum atomic E-state index is 13.5. The highest BCUT2D eigenvalue weighted by atomic mass is 35.5. The number of nitrogens with zero attached hydrogens (tertiary/aromatic N) is 1. The summed E-state index contributed by atoms with van der Waals surface area (Å²) in [6.07, 6.45) is 1.93. The summed E-state index contributed by atoms with van der Waals surface area (Å²) in [5.74, 6) is 0.645. The van der Waals surface area contributed by atoms with E-state index in [1.54, 1.807) is 0 Å². The molecular weight excluding hydrogens is 201 g/mol. The molecule has 3 heteroatoms. The quantitative estimate of drug-likeness (QED) is 0.613. The number of hydrogen-bond acceptors (Lipinski definition) is 1. The van der Waals surface area contributed by atoms with Gasteiger partial charge in [0, 0.05) is 12.1 Å². The van der Waals surface area contributed by atoms with Crippen LogP contribution in [0, 0.1) is 5.92 Å². The highest BCUT2D eigenvalue weighted by Gasteiger charge is 2.43. The van der Waals surface area contributed by atoms with Gasteiger partial charge in [-0.15, -0.1) is 11.6 Å². The first-order chi connectivity index (χ1) is 6.59. The second-order valence-corrected chi connectivity index (χ2v) is 5.51. The minimum Gasteiger partial charge on any atom is -0.298 e. The smallest absolute Gasteiger partial charge is 0.118 e. The molecule has 0 N–H and O–H groups in total. The number of halogens is 2. The molecule has 4 unspecified atom stereocenters. The van der Waals surface area contributed by atoms with Crippen LogP contribution in [-0.2, 0) is 0 Å². The lowest BCUT2D eigenvalue weighted by atomic mass is 9.83. The molecule has 4 atom stereocenters. The minimum absolute atomic E-state index is 0.233. The number of rotatable bonds is 1. The molecule has 2 fully saturated rings. The van der Waals surface area contributed by atoms with Crippen LogP contribution in [-0.4, -0.2) is 35.1 Å². The molecule has 2 aliphatic rings. The Labute approximate surface area is 90.6 Å². The molecule has 0 aromatic rings. The van der Waals surface area contributed by atoms with E-state index in [1.807, 2.05) is 0 Å². The van der Waals surface area contributed by atoms with E-state index < -0.39 is 6.17 Å². The summed E-state index contributed by atoms with van der Waals surface area (Å²) < 4.78 is 13.5. The fourth-order valence-electron chi connectivity index (χ4n) is 3.00. The van der Waals surface area contributed by atoms with Crippen LogP contribution in [0.3, 0.4) is 0 Å². The van der Waals surface area contributed by atoms with Crippen molar-refractivity contribution in [3.8, 4) is 0 Å². The zero-order valence-electron chi connectivity index (χ0n) is 8.92. The predicted octanol–water partition coefficient (Wildman–Crippen LogP) is 2.82. The zero-order valence-corrected chi connectivity index (χ0v) is 9.67. The Bertz CT molecular complexity index is 209. The molecule has 0 radical (unpaired) electrons. The average molecular weight is 220 g/mol. The van der Waals surface area contributed by atoms with Crippen molar-refractivity contribution < 1.29 is 4.39 Å². The first-order valence-electron chi connectivity index (χ1n) is 5.63. The third-order valence-corrected chi connectivity index (χ3v) is 4.23. The molecule has 0 amide bonds. The van der Waals surface area contributed by atoms with Gasteiger partial charge in [0.15, 0.2) is 0 Å². The third kappa shape index (κ3) is 1.79. The van der Waals surface area contributed by atoms with Gasteiger partial charge in [-0.25, -0.2) is 4.39 Å². The molecule has 0 aromatic heterocycles. The Morgan fingerprint density at radius 1 is 1.36 bits per heavy atom. The molecule has 1 nitrogen and oxygen atoms in total. The van der Waals surface area contributed by atoms with Crippen molar-refractivity contribution in [2.45, 2.75) is 56.7 Å². The van der Waals surface area contributed by atoms with Crippen LogP contribution >= 0.6 is 11.6 Å². The maximum absolute atomic E-state index is 13.5. The molecular formula is C11H19ClFN. The van der Waals surface area contributed by atoms with Crippen LogP contribution in [0.4, 0.5) is 4.39 Å². The number of alkyl halides is 2. The summed E-state index contributed by atoms with van der Waals surface area (Å²) in [6, 6.07) is 1.00. The molecule has 0 aromatic carbocycles. The molecule has 82 valence electrons. The molecule has 1 heterocycles. The van der Waals surface area contributed by atoms with Crippen molar-refractivity contribution in [1.29, 1.82) is 0 Å². The van der Waals surface area contributed by atoms with E-state index in [1.165, 1.54) is 6.42 Å². The predicted molar refractivity (Wildman–Crippen MR) is 57.5 cm³/mol. The Kier molecular flexibility index (Phi) is 3.03. The van der Waals surface area contributed by atoms with Gasteiger partial charge in [0.2, 0.25) is 0 Å². The minimum atomic E-state index is -0.794. The summed E-state index contributed by atoms with van der Waals surface area (Å²) >= 11 is 5.97. The molecule has 1 saturated heterocycles. The van der Waals surface area contributed by atoms with Crippen molar-refractivity contribution >= 4 is 11.6 Å². The van der Waals surface area contributed by atoms with Gasteiger partial charge >= 0.3 is 0 Å². The summed E-state index contributed by atoms with van der Waals surface area (Å²) in [5.41, 5.74) is 0. The topological polar surface area (TPSA) is 3.24 Å². The third-order valence-electron chi connectivity index (χ3n) is 3.78. The van der Waals surface area contributed by atoms with Crippen molar-refractivity contribution in [3.63, 3.8) is 0 Å². The lowest BCUT2D eigenvalue weighted by Crippen LogP contribution is -2.44. The van der Waals surface area contributed by atoms with Gasteiger partial charge < -0.3 is 0 Å². The largest absolute Gasteiger partial charge is 0.298 e. The monoisotopic (exact) mass is 219 g/mol. The SMILES string of the molecule is CC(C)N1CCC2CC(Cl)C(F)CC21. The fourth-order valence-corrected chi connectivity index (χ4v) is 3.33. The van der Waals surface area contributed by atoms with Crippen molar-refractivity contribution in [2.75, 3.05) is 6.54 Å². The Hall–Kier alpha value is 0.180. The highest BCUT2D eigenvalue weighted by Crippen LogP contribution is 2.40. The summed E-state index contributed by atoms with van der Waals surface area (Å²) in [7, 11) is 0. The van der Waals surface area contributed by atoms with Gasteiger partial charge in [-0.3, -0.25) is 4.90 Å². The van der Waals surface area contributed by atoms with Gasteiger partial charge in [-0.05, 0) is 45.6 Å². The highest BCUT2D eigenvalue weighted by molar-refractivity contribution is 6.21. The molecule has 0 bridgehead atoms. The van der Waals surface area contributed by atoms with Crippen molar-refractivity contribution in [2.24, 2.45) is 5.92 Å². The molecule has 0 spiro atoms. The summed E-state index contributed by atoms with van der Waals surface area (Å²) in [6.45, 7) is 5.52. The van der Waals surface area contributed by atoms with Gasteiger partial charge in [0.1, 0.15) is 6.17 Å². The van der Waals surface area contributed by atoms with Gasteiger partial charge in [-0.2, -0.15) is 0 Å². The molecule has 2 rings (SSSR count). The van der Waals surface area contributed by atoms with Crippen LogP contribution in [0.1, 0.15) is 33.1 Å². The van der Waals surface area contributed by atoms with E-state index in [9.17, 15) is 4.39 Å². The normalized spacial score (nSPS) is 44.4. The van der Waals surface area contributed by atoms with Crippen LogP contribution in [0.25, 0.3) is 0 Å². The van der Waals surface area contributed by atoms with E-state index in [4.69, 9.17) is 11.6 Å². The second kappa shape index (κ2) is 3.97. The number of fused-ring (bicyclic) bond motifs is 1. The summed E-state index contributed by atoms with van der Waals surface area (Å²) in [4.78, 5) is 2.44. The van der Waals surface area contributed by atoms with Gasteiger partial charge in [0.25, 0.3) is 0 Å². The lowest BCUT2D eigenvalue weighted by Gasteiger charge is -2.37. The van der Waals surface area contributed by atoms with E-state index >= 15 is 0 Å². The van der Waals surface area contributed by atoms with E-state index in [2.05, 4.69) is 18.7 Å².